The van der Waals surface area contributed by atoms with E-state index >= 15 is 0 Å². The standard InChI is InChI=1S/C29H45NOSi2/c1-6-11-12-13-23-32(7-2,8-3)31-33(9-4,10-5)24-22-26-14-18-28(19-15-26)29-20-16-27(25-30)17-21-29/h14-21H,6-13,22-24H2,1-5H3. The molecule has 0 heterocycles. The first kappa shape index (κ1) is 27.6. The lowest BCUT2D eigenvalue weighted by Crippen LogP contribution is -2.50. The number of nitriles is 1. The van der Waals surface area contributed by atoms with Gasteiger partial charge in [0.25, 0.3) is 0 Å². The second-order valence-electron chi connectivity index (χ2n) is 9.58. The third-order valence-corrected chi connectivity index (χ3v) is 18.7. The molecule has 0 spiro atoms. The molecule has 0 aliphatic heterocycles. The van der Waals surface area contributed by atoms with Crippen molar-refractivity contribution in [1.82, 2.24) is 0 Å². The Hall–Kier alpha value is -1.68. The van der Waals surface area contributed by atoms with Gasteiger partial charge in [0, 0.05) is 0 Å². The average Bonchev–Trinajstić information content (AvgIpc) is 2.88. The van der Waals surface area contributed by atoms with Crippen LogP contribution in [-0.4, -0.2) is 16.6 Å². The van der Waals surface area contributed by atoms with E-state index < -0.39 is 16.6 Å². The molecule has 0 saturated heterocycles. The van der Waals surface area contributed by atoms with Crippen LogP contribution in [0, 0.1) is 11.3 Å². The van der Waals surface area contributed by atoms with Gasteiger partial charge in [-0.25, -0.2) is 0 Å². The van der Waals surface area contributed by atoms with E-state index in [0.717, 1.165) is 6.42 Å². The largest absolute Gasteiger partial charge is 0.455 e. The summed E-state index contributed by atoms with van der Waals surface area (Å²) < 4.78 is 7.39. The minimum atomic E-state index is -1.73. The van der Waals surface area contributed by atoms with Crippen molar-refractivity contribution in [2.45, 2.75) is 103 Å². The monoisotopic (exact) mass is 479 g/mol. The highest BCUT2D eigenvalue weighted by atomic mass is 28.4. The molecule has 2 aromatic carbocycles. The molecule has 0 bridgehead atoms. The summed E-state index contributed by atoms with van der Waals surface area (Å²) >= 11 is 0. The minimum Gasteiger partial charge on any atom is -0.455 e. The van der Waals surface area contributed by atoms with Crippen molar-refractivity contribution in [3.8, 4) is 17.2 Å². The van der Waals surface area contributed by atoms with Crippen molar-refractivity contribution in [1.29, 1.82) is 5.26 Å². The maximum Gasteiger partial charge on any atom is 0.179 e. The molecule has 4 heteroatoms. The smallest absolute Gasteiger partial charge is 0.179 e. The van der Waals surface area contributed by atoms with Crippen LogP contribution in [0.2, 0.25) is 36.3 Å². The van der Waals surface area contributed by atoms with Gasteiger partial charge in [0.05, 0.1) is 11.6 Å². The van der Waals surface area contributed by atoms with Crippen LogP contribution in [0.1, 0.15) is 71.4 Å². The van der Waals surface area contributed by atoms with Crippen LogP contribution in [-0.2, 0) is 10.5 Å². The Kier molecular flexibility index (Phi) is 11.6. The summed E-state index contributed by atoms with van der Waals surface area (Å²) in [5.41, 5.74) is 4.50. The van der Waals surface area contributed by atoms with Gasteiger partial charge >= 0.3 is 0 Å². The van der Waals surface area contributed by atoms with E-state index in [4.69, 9.17) is 9.38 Å². The van der Waals surface area contributed by atoms with Crippen LogP contribution in [0.4, 0.5) is 0 Å². The molecule has 0 radical (unpaired) electrons. The van der Waals surface area contributed by atoms with Crippen LogP contribution < -0.4 is 0 Å². The summed E-state index contributed by atoms with van der Waals surface area (Å²) in [4.78, 5) is 0. The van der Waals surface area contributed by atoms with E-state index in [2.05, 4.69) is 65.0 Å². The van der Waals surface area contributed by atoms with E-state index in [0.29, 0.717) is 5.56 Å². The van der Waals surface area contributed by atoms with Crippen molar-refractivity contribution in [2.75, 3.05) is 0 Å². The van der Waals surface area contributed by atoms with Crippen molar-refractivity contribution in [3.63, 3.8) is 0 Å². The molecular formula is C29H45NOSi2. The van der Waals surface area contributed by atoms with Crippen LogP contribution in [0.3, 0.4) is 0 Å². The van der Waals surface area contributed by atoms with E-state index in [1.54, 1.807) is 0 Å². The quantitative estimate of drug-likeness (QED) is 0.188. The molecule has 2 rings (SSSR count). The van der Waals surface area contributed by atoms with E-state index in [-0.39, 0.29) is 0 Å². The molecule has 0 aliphatic rings. The molecule has 0 atom stereocenters. The number of rotatable bonds is 15. The fraction of sp³-hybridized carbons (Fsp3) is 0.552. The number of nitrogens with zero attached hydrogens (tertiary/aromatic N) is 1. The molecule has 0 N–H and O–H groups in total. The van der Waals surface area contributed by atoms with Crippen LogP contribution in [0.15, 0.2) is 48.5 Å². The van der Waals surface area contributed by atoms with Gasteiger partial charge in [0.2, 0.25) is 0 Å². The number of unbranched alkanes of at least 4 members (excludes halogenated alkanes) is 3. The van der Waals surface area contributed by atoms with E-state index in [9.17, 15) is 0 Å². The van der Waals surface area contributed by atoms with E-state index in [1.807, 2.05) is 24.3 Å². The van der Waals surface area contributed by atoms with Crippen LogP contribution >= 0.6 is 0 Å². The first-order valence-corrected chi connectivity index (χ1v) is 18.3. The third kappa shape index (κ3) is 7.95. The van der Waals surface area contributed by atoms with Gasteiger partial charge in [-0.15, -0.1) is 0 Å². The zero-order chi connectivity index (χ0) is 24.2. The number of hydrogen-bond acceptors (Lipinski definition) is 2. The van der Waals surface area contributed by atoms with Gasteiger partial charge in [-0.2, -0.15) is 5.26 Å². The fourth-order valence-electron chi connectivity index (χ4n) is 4.90. The van der Waals surface area contributed by atoms with Gasteiger partial charge in [-0.05, 0) is 71.5 Å². The Bertz CT molecular complexity index is 847. The molecule has 0 aromatic heterocycles. The minimum absolute atomic E-state index is 0.708. The summed E-state index contributed by atoms with van der Waals surface area (Å²) in [7, 11) is -3.36. The lowest BCUT2D eigenvalue weighted by Gasteiger charge is -2.41. The first-order chi connectivity index (χ1) is 16.0. The van der Waals surface area contributed by atoms with Gasteiger partial charge in [0.1, 0.15) is 0 Å². The number of hydrogen-bond donors (Lipinski definition) is 0. The second-order valence-corrected chi connectivity index (χ2v) is 19.0. The Morgan fingerprint density at radius 1 is 0.667 bits per heavy atom. The van der Waals surface area contributed by atoms with Crippen LogP contribution in [0.5, 0.6) is 0 Å². The first-order valence-electron chi connectivity index (χ1n) is 13.3. The third-order valence-electron chi connectivity index (χ3n) is 7.67. The normalized spacial score (nSPS) is 12.0. The van der Waals surface area contributed by atoms with E-state index in [1.165, 1.54) is 78.6 Å². The molecule has 0 aliphatic carbocycles. The predicted octanol–water partition coefficient (Wildman–Crippen LogP) is 9.34. The zero-order valence-electron chi connectivity index (χ0n) is 21.8. The molecule has 2 aromatic rings. The second kappa shape index (κ2) is 13.9. The number of benzene rings is 2. The molecule has 0 fully saturated rings. The molecule has 2 nitrogen and oxygen atoms in total. The molecular weight excluding hydrogens is 434 g/mol. The summed E-state index contributed by atoms with van der Waals surface area (Å²) in [5, 5.41) is 9.01. The SMILES string of the molecule is CCCCCC[Si](CC)(CC)O[Si](CC)(CC)CCc1ccc(-c2ccc(C#N)cc2)cc1. The Balaban J connectivity index is 2.07. The van der Waals surface area contributed by atoms with Gasteiger partial charge in [-0.3, -0.25) is 0 Å². The average molecular weight is 480 g/mol. The van der Waals surface area contributed by atoms with Gasteiger partial charge in [-0.1, -0.05) is 96.7 Å². The highest BCUT2D eigenvalue weighted by Gasteiger charge is 2.41. The fourth-order valence-corrected chi connectivity index (χ4v) is 15.8. The summed E-state index contributed by atoms with van der Waals surface area (Å²) in [6.07, 6.45) is 6.51. The van der Waals surface area contributed by atoms with Crippen molar-refractivity contribution in [2.24, 2.45) is 0 Å². The molecule has 0 unspecified atom stereocenters. The van der Waals surface area contributed by atoms with Crippen LogP contribution in [0.25, 0.3) is 11.1 Å². The van der Waals surface area contributed by atoms with Crippen molar-refractivity contribution < 1.29 is 4.12 Å². The molecule has 0 saturated carbocycles. The Morgan fingerprint density at radius 2 is 1.18 bits per heavy atom. The van der Waals surface area contributed by atoms with Crippen molar-refractivity contribution in [3.05, 3.63) is 59.7 Å². The maximum atomic E-state index is 9.01. The maximum absolute atomic E-state index is 9.01. The predicted molar refractivity (Wildman–Crippen MR) is 149 cm³/mol. The zero-order valence-corrected chi connectivity index (χ0v) is 23.8. The van der Waals surface area contributed by atoms with Gasteiger partial charge in [0.15, 0.2) is 16.6 Å². The van der Waals surface area contributed by atoms with Crippen molar-refractivity contribution >= 4 is 16.6 Å². The van der Waals surface area contributed by atoms with Gasteiger partial charge < -0.3 is 4.12 Å². The summed E-state index contributed by atoms with van der Waals surface area (Å²) in [6.45, 7) is 11.8. The Labute approximate surface area is 205 Å². The lowest BCUT2D eigenvalue weighted by atomic mass is 10.0. The molecule has 180 valence electrons. The highest BCUT2D eigenvalue weighted by molar-refractivity contribution is 6.87. The summed E-state index contributed by atoms with van der Waals surface area (Å²) in [5.74, 6) is 0. The summed E-state index contributed by atoms with van der Waals surface area (Å²) in [6, 6.07) is 26.7. The molecule has 33 heavy (non-hydrogen) atoms. The topological polar surface area (TPSA) is 33.0 Å². The molecule has 0 amide bonds. The number of aryl methyl sites for hydroxylation is 1. The highest BCUT2D eigenvalue weighted by Crippen LogP contribution is 2.35. The Morgan fingerprint density at radius 3 is 1.67 bits per heavy atom. The lowest BCUT2D eigenvalue weighted by molar-refractivity contribution is 0.497.